The highest BCUT2D eigenvalue weighted by molar-refractivity contribution is 7.98. The number of thioether (sulfide) groups is 1. The summed E-state index contributed by atoms with van der Waals surface area (Å²) in [6.07, 6.45) is 1.09. The minimum atomic E-state index is -0.528. The number of hydrogen-bond acceptors (Lipinski definition) is 5. The van der Waals surface area contributed by atoms with Gasteiger partial charge in [-0.3, -0.25) is 9.69 Å². The number of anilines is 1. The van der Waals surface area contributed by atoms with Crippen LogP contribution in [-0.2, 0) is 10.5 Å². The van der Waals surface area contributed by atoms with E-state index in [-0.39, 0.29) is 17.0 Å². The average molecular weight is 552 g/mol. The van der Waals surface area contributed by atoms with Crippen LogP contribution in [0.2, 0.25) is 0 Å². The molecule has 204 valence electrons. The smallest absolute Gasteiger partial charge is 0.162 e. The Kier molecular flexibility index (Phi) is 7.37. The summed E-state index contributed by atoms with van der Waals surface area (Å²) in [4.78, 5) is 16.9. The first-order chi connectivity index (χ1) is 19.0. The molecule has 6 heteroatoms. The van der Waals surface area contributed by atoms with Crippen LogP contribution in [0, 0.1) is 43.3 Å². The lowest BCUT2D eigenvalue weighted by molar-refractivity contribution is -0.118. The van der Waals surface area contributed by atoms with E-state index in [4.69, 9.17) is 5.73 Å². The van der Waals surface area contributed by atoms with Crippen molar-refractivity contribution in [2.24, 2.45) is 11.1 Å². The van der Waals surface area contributed by atoms with Gasteiger partial charge in [0.1, 0.15) is 11.6 Å². The van der Waals surface area contributed by atoms with Gasteiger partial charge in [-0.15, -0.1) is 11.8 Å². The Bertz CT molecular complexity index is 1610. The first-order valence-corrected chi connectivity index (χ1v) is 14.5. The number of carbonyl (C=O) groups excluding carboxylic acids is 1. The third-order valence-corrected chi connectivity index (χ3v) is 8.95. The number of nitrogens with zero attached hydrogens (tertiary/aromatic N) is 2. The molecule has 3 aromatic carbocycles. The maximum atomic E-state index is 13.9. The number of hydrogen-bond donors (Lipinski definition) is 1. The van der Waals surface area contributed by atoms with Gasteiger partial charge < -0.3 is 5.73 Å². The molecule has 2 N–H and O–H groups in total. The van der Waals surface area contributed by atoms with Crippen molar-refractivity contribution >= 4 is 23.2 Å². The lowest BCUT2D eigenvalue weighted by atomic mass is 9.68. The molecule has 4 nitrogen and oxygen atoms in total. The highest BCUT2D eigenvalue weighted by Gasteiger charge is 2.45. The van der Waals surface area contributed by atoms with Crippen molar-refractivity contribution in [2.75, 3.05) is 4.90 Å². The Morgan fingerprint density at radius 1 is 1.05 bits per heavy atom. The fourth-order valence-electron chi connectivity index (χ4n) is 5.96. The molecule has 0 bridgehead atoms. The zero-order chi connectivity index (χ0) is 28.8. The average Bonchev–Trinajstić information content (AvgIpc) is 2.88. The monoisotopic (exact) mass is 551 g/mol. The van der Waals surface area contributed by atoms with Crippen molar-refractivity contribution in [1.82, 2.24) is 0 Å². The van der Waals surface area contributed by atoms with Crippen LogP contribution in [0.15, 0.2) is 88.2 Å². The Hall–Kier alpha value is -3.82. The summed E-state index contributed by atoms with van der Waals surface area (Å²) in [5.41, 5.74) is 14.7. The molecule has 0 fully saturated rings. The van der Waals surface area contributed by atoms with Gasteiger partial charge in [-0.25, -0.2) is 4.39 Å². The predicted molar refractivity (Wildman–Crippen MR) is 160 cm³/mol. The number of Topliss-reactive ketones (excluding diaryl/α,β-unsaturated/α-hetero) is 1. The summed E-state index contributed by atoms with van der Waals surface area (Å²) in [5.74, 6) is 0.342. The molecule has 40 heavy (non-hydrogen) atoms. The molecule has 0 aromatic heterocycles. The molecular weight excluding hydrogens is 517 g/mol. The first kappa shape index (κ1) is 27.7. The van der Waals surface area contributed by atoms with Crippen LogP contribution in [0.5, 0.6) is 0 Å². The molecule has 5 rings (SSSR count). The molecule has 1 atom stereocenters. The van der Waals surface area contributed by atoms with Crippen molar-refractivity contribution in [2.45, 2.75) is 64.0 Å². The number of aryl methyl sites for hydroxylation is 3. The number of benzene rings is 3. The van der Waals surface area contributed by atoms with E-state index in [0.717, 1.165) is 44.1 Å². The molecule has 1 unspecified atom stereocenters. The fourth-order valence-corrected chi connectivity index (χ4v) is 6.92. The normalized spacial score (nSPS) is 18.6. The second kappa shape index (κ2) is 10.6. The highest BCUT2D eigenvalue weighted by Crippen LogP contribution is 2.51. The molecule has 1 heterocycles. The zero-order valence-corrected chi connectivity index (χ0v) is 24.5. The second-order valence-electron chi connectivity index (χ2n) is 11.7. The molecule has 1 aliphatic heterocycles. The molecule has 2 aliphatic rings. The van der Waals surface area contributed by atoms with E-state index in [0.29, 0.717) is 35.6 Å². The van der Waals surface area contributed by atoms with Gasteiger partial charge in [-0.05, 0) is 96.8 Å². The third kappa shape index (κ3) is 5.19. The highest BCUT2D eigenvalue weighted by atomic mass is 32.2. The molecule has 0 radical (unpaired) electrons. The maximum Gasteiger partial charge on any atom is 0.162 e. The van der Waals surface area contributed by atoms with E-state index >= 15 is 0 Å². The van der Waals surface area contributed by atoms with E-state index in [1.165, 1.54) is 12.1 Å². The SMILES string of the molecule is Cc1cccc(N2C(N)=C(C#N)C(c3cc(CSc4ccc(F)cc4)c(C)cc3C)C3=C2CC(C)(C)CC3=O)c1. The van der Waals surface area contributed by atoms with Crippen LogP contribution >= 0.6 is 11.8 Å². The largest absolute Gasteiger partial charge is 0.384 e. The molecule has 0 saturated heterocycles. The zero-order valence-electron chi connectivity index (χ0n) is 23.6. The summed E-state index contributed by atoms with van der Waals surface area (Å²) in [6.45, 7) is 10.4. The van der Waals surface area contributed by atoms with Gasteiger partial charge in [0, 0.05) is 34.0 Å². The van der Waals surface area contributed by atoms with Crippen LogP contribution in [0.25, 0.3) is 0 Å². The van der Waals surface area contributed by atoms with Crippen LogP contribution in [0.3, 0.4) is 0 Å². The quantitative estimate of drug-likeness (QED) is 0.326. The summed E-state index contributed by atoms with van der Waals surface area (Å²) in [6, 6.07) is 21.2. The number of nitriles is 1. The van der Waals surface area contributed by atoms with Gasteiger partial charge in [0.25, 0.3) is 0 Å². The summed E-state index contributed by atoms with van der Waals surface area (Å²) < 4.78 is 13.4. The Morgan fingerprint density at radius 3 is 2.45 bits per heavy atom. The number of nitrogens with two attached hydrogens (primary N) is 1. The van der Waals surface area contributed by atoms with Crippen LogP contribution in [0.1, 0.15) is 60.4 Å². The number of rotatable bonds is 5. The number of carbonyl (C=O) groups is 1. The fraction of sp³-hybridized carbons (Fsp3) is 0.294. The van der Waals surface area contributed by atoms with Crippen molar-refractivity contribution in [1.29, 1.82) is 5.26 Å². The predicted octanol–water partition coefficient (Wildman–Crippen LogP) is 7.98. The van der Waals surface area contributed by atoms with E-state index in [2.05, 4.69) is 39.0 Å². The van der Waals surface area contributed by atoms with Crippen molar-refractivity contribution in [3.05, 3.63) is 117 Å². The summed E-state index contributed by atoms with van der Waals surface area (Å²) >= 11 is 1.63. The Balaban J connectivity index is 1.66. The van der Waals surface area contributed by atoms with Crippen LogP contribution in [0.4, 0.5) is 10.1 Å². The molecule has 1 aliphatic carbocycles. The molecule has 3 aromatic rings. The number of ketones is 1. The Labute approximate surface area is 240 Å². The van der Waals surface area contributed by atoms with Gasteiger partial charge in [-0.2, -0.15) is 5.26 Å². The van der Waals surface area contributed by atoms with Gasteiger partial charge in [0.2, 0.25) is 0 Å². The van der Waals surface area contributed by atoms with Gasteiger partial charge in [-0.1, -0.05) is 38.1 Å². The number of halogens is 1. The van der Waals surface area contributed by atoms with Gasteiger partial charge in [0.15, 0.2) is 5.78 Å². The van der Waals surface area contributed by atoms with E-state index in [1.54, 1.807) is 23.9 Å². The minimum absolute atomic E-state index is 0.0661. The lowest BCUT2D eigenvalue weighted by Gasteiger charge is -2.44. The molecule has 0 saturated carbocycles. The molecule has 0 amide bonds. The molecule has 0 spiro atoms. The second-order valence-corrected chi connectivity index (χ2v) is 12.7. The van der Waals surface area contributed by atoms with E-state index in [9.17, 15) is 14.4 Å². The minimum Gasteiger partial charge on any atom is -0.384 e. The molecular formula is C34H34FN3OS. The number of allylic oxidation sites excluding steroid dienone is 3. The van der Waals surface area contributed by atoms with E-state index < -0.39 is 5.92 Å². The topological polar surface area (TPSA) is 70.1 Å². The maximum absolute atomic E-state index is 13.9. The first-order valence-electron chi connectivity index (χ1n) is 13.5. The summed E-state index contributed by atoms with van der Waals surface area (Å²) in [7, 11) is 0. The van der Waals surface area contributed by atoms with E-state index in [1.807, 2.05) is 43.0 Å². The van der Waals surface area contributed by atoms with Gasteiger partial charge in [0.05, 0.1) is 17.6 Å². The van der Waals surface area contributed by atoms with Crippen LogP contribution < -0.4 is 10.6 Å². The summed E-state index contributed by atoms with van der Waals surface area (Å²) in [5, 5.41) is 10.5. The Morgan fingerprint density at radius 2 is 1.77 bits per heavy atom. The third-order valence-electron chi connectivity index (χ3n) is 7.88. The lowest BCUT2D eigenvalue weighted by Crippen LogP contribution is -2.42. The van der Waals surface area contributed by atoms with Crippen molar-refractivity contribution < 1.29 is 9.18 Å². The van der Waals surface area contributed by atoms with Gasteiger partial charge >= 0.3 is 0 Å². The standard InChI is InChI=1S/C34H34FN3OS/c1-20-7-6-8-25(13-20)38-29-16-34(4,5)17-30(39)32(29)31(28(18-36)33(38)37)27-15-23(21(2)14-22(27)3)19-40-26-11-9-24(35)10-12-26/h6-15,31H,16-17,19,37H2,1-5H3. The van der Waals surface area contributed by atoms with Crippen molar-refractivity contribution in [3.8, 4) is 6.07 Å². The van der Waals surface area contributed by atoms with Crippen LogP contribution in [-0.4, -0.2) is 5.78 Å². The van der Waals surface area contributed by atoms with Crippen molar-refractivity contribution in [3.63, 3.8) is 0 Å².